The number of para-hydroxylation sites is 1. The summed E-state index contributed by atoms with van der Waals surface area (Å²) in [5.41, 5.74) is 5.50. The Bertz CT molecular complexity index is 1760. The number of aryl methyl sites for hydroxylation is 1. The summed E-state index contributed by atoms with van der Waals surface area (Å²) in [4.78, 5) is 34.6. The molecule has 4 heterocycles. The molecule has 1 atom stereocenters. The minimum Gasteiger partial charge on any atom is -0.360 e. The van der Waals surface area contributed by atoms with Crippen LogP contribution in [0.15, 0.2) is 90.4 Å². The first-order valence-electron chi connectivity index (χ1n) is 11.7. The molecule has 0 aliphatic rings. The van der Waals surface area contributed by atoms with Crippen molar-refractivity contribution in [2.45, 2.75) is 19.9 Å². The molecule has 0 saturated heterocycles. The van der Waals surface area contributed by atoms with Crippen LogP contribution < -0.4 is 10.9 Å². The van der Waals surface area contributed by atoms with Gasteiger partial charge in [-0.2, -0.15) is 0 Å². The summed E-state index contributed by atoms with van der Waals surface area (Å²) < 4.78 is 1.77. The maximum atomic E-state index is 14.2. The molecule has 2 N–H and O–H groups in total. The molecular formula is C28H23N7O. The third-order valence-electron chi connectivity index (χ3n) is 6.33. The first-order chi connectivity index (χ1) is 17.6. The van der Waals surface area contributed by atoms with Crippen molar-refractivity contribution >= 4 is 27.8 Å². The number of aromatic nitrogens is 6. The molecule has 8 nitrogen and oxygen atoms in total. The molecule has 176 valence electrons. The molecule has 0 aliphatic heterocycles. The summed E-state index contributed by atoms with van der Waals surface area (Å²) in [7, 11) is 0. The van der Waals surface area contributed by atoms with Gasteiger partial charge in [-0.15, -0.1) is 0 Å². The lowest BCUT2D eigenvalue weighted by atomic mass is 9.98. The minimum atomic E-state index is -0.256. The number of imidazole rings is 1. The number of rotatable bonds is 5. The molecule has 8 heteroatoms. The lowest BCUT2D eigenvalue weighted by Crippen LogP contribution is -2.26. The van der Waals surface area contributed by atoms with Crippen molar-refractivity contribution in [2.24, 2.45) is 0 Å². The predicted octanol–water partition coefficient (Wildman–Crippen LogP) is 5.20. The SMILES string of the molecule is Cc1ccc(-c2cccc3cc(C(C)Nc4ncnc5nc[nH]c45)n(-c4ccccc4)c(=O)c23)cn1. The molecule has 0 amide bonds. The Morgan fingerprint density at radius 1 is 0.944 bits per heavy atom. The Balaban J connectivity index is 1.57. The molecular weight excluding hydrogens is 450 g/mol. The van der Waals surface area contributed by atoms with Crippen LogP contribution in [0.25, 0.3) is 38.8 Å². The topological polar surface area (TPSA) is 101 Å². The molecule has 0 radical (unpaired) electrons. The van der Waals surface area contributed by atoms with Crippen molar-refractivity contribution in [1.82, 2.24) is 29.5 Å². The van der Waals surface area contributed by atoms with Crippen molar-refractivity contribution in [2.75, 3.05) is 5.32 Å². The fraction of sp³-hybridized carbons (Fsp3) is 0.107. The molecule has 0 bridgehead atoms. The van der Waals surface area contributed by atoms with Crippen LogP contribution in [0.1, 0.15) is 24.4 Å². The third-order valence-corrected chi connectivity index (χ3v) is 6.33. The first-order valence-corrected chi connectivity index (χ1v) is 11.7. The fourth-order valence-corrected chi connectivity index (χ4v) is 4.57. The number of nitrogens with one attached hydrogen (secondary N) is 2. The molecule has 4 aromatic heterocycles. The third kappa shape index (κ3) is 3.69. The number of hydrogen-bond donors (Lipinski definition) is 2. The average Bonchev–Trinajstić information content (AvgIpc) is 3.39. The molecule has 6 rings (SSSR count). The van der Waals surface area contributed by atoms with Crippen molar-refractivity contribution in [1.29, 1.82) is 0 Å². The lowest BCUT2D eigenvalue weighted by Gasteiger charge is -2.22. The highest BCUT2D eigenvalue weighted by molar-refractivity contribution is 5.96. The van der Waals surface area contributed by atoms with Crippen LogP contribution in [-0.4, -0.2) is 29.5 Å². The van der Waals surface area contributed by atoms with Gasteiger partial charge in [-0.3, -0.25) is 14.3 Å². The molecule has 0 spiro atoms. The van der Waals surface area contributed by atoms with E-state index in [1.54, 1.807) is 10.9 Å². The van der Waals surface area contributed by atoms with Gasteiger partial charge in [-0.1, -0.05) is 42.5 Å². The molecule has 0 fully saturated rings. The Morgan fingerprint density at radius 2 is 1.81 bits per heavy atom. The van der Waals surface area contributed by atoms with Crippen LogP contribution in [-0.2, 0) is 0 Å². The second-order valence-corrected chi connectivity index (χ2v) is 8.69. The first kappa shape index (κ1) is 21.7. The number of fused-ring (bicyclic) bond motifs is 2. The van der Waals surface area contributed by atoms with Crippen LogP contribution in [0.5, 0.6) is 0 Å². The van der Waals surface area contributed by atoms with Crippen molar-refractivity contribution in [3.63, 3.8) is 0 Å². The van der Waals surface area contributed by atoms with Gasteiger partial charge in [0.2, 0.25) is 0 Å². The maximum Gasteiger partial charge on any atom is 0.263 e. The van der Waals surface area contributed by atoms with E-state index in [4.69, 9.17) is 0 Å². The normalized spacial score (nSPS) is 12.2. The van der Waals surface area contributed by atoms with Crippen molar-refractivity contribution in [3.05, 3.63) is 107 Å². The zero-order valence-corrected chi connectivity index (χ0v) is 19.8. The van der Waals surface area contributed by atoms with Gasteiger partial charge in [0.05, 0.1) is 17.8 Å². The van der Waals surface area contributed by atoms with Crippen LogP contribution in [0.3, 0.4) is 0 Å². The van der Waals surface area contributed by atoms with E-state index in [9.17, 15) is 4.79 Å². The van der Waals surface area contributed by atoms with E-state index in [0.717, 1.165) is 33.6 Å². The van der Waals surface area contributed by atoms with Crippen molar-refractivity contribution in [3.8, 4) is 16.8 Å². The van der Waals surface area contributed by atoms with E-state index < -0.39 is 0 Å². The van der Waals surface area contributed by atoms with E-state index in [1.807, 2.05) is 80.7 Å². The summed E-state index contributed by atoms with van der Waals surface area (Å²) >= 11 is 0. The number of anilines is 1. The molecule has 0 aliphatic carbocycles. The van der Waals surface area contributed by atoms with E-state index in [0.29, 0.717) is 22.4 Å². The highest BCUT2D eigenvalue weighted by Crippen LogP contribution is 2.30. The van der Waals surface area contributed by atoms with Gasteiger partial charge in [-0.05, 0) is 49.1 Å². The number of nitrogens with zero attached hydrogens (tertiary/aromatic N) is 5. The van der Waals surface area contributed by atoms with E-state index in [1.165, 1.54) is 6.33 Å². The molecule has 6 aromatic rings. The standard InChI is InChI=1S/C28H23N7O/c1-17-11-12-20(14-29-17)22-10-6-7-19-13-23(35(28(36)24(19)22)21-8-4-3-5-9-21)18(2)34-27-25-26(31-15-30-25)32-16-33-27/h3-16,18H,1-2H3,(H2,30,31,32,33,34). The van der Waals surface area contributed by atoms with Gasteiger partial charge in [0, 0.05) is 28.8 Å². The van der Waals surface area contributed by atoms with E-state index in [2.05, 4.69) is 36.3 Å². The van der Waals surface area contributed by atoms with Gasteiger partial charge in [0.15, 0.2) is 11.5 Å². The zero-order chi connectivity index (χ0) is 24.6. The number of hydrogen-bond acceptors (Lipinski definition) is 6. The average molecular weight is 474 g/mol. The molecule has 36 heavy (non-hydrogen) atoms. The summed E-state index contributed by atoms with van der Waals surface area (Å²) in [6.45, 7) is 3.96. The quantitative estimate of drug-likeness (QED) is 0.357. The summed E-state index contributed by atoms with van der Waals surface area (Å²) in [6, 6.07) is 21.4. The number of aromatic amines is 1. The second-order valence-electron chi connectivity index (χ2n) is 8.69. The van der Waals surface area contributed by atoms with E-state index in [-0.39, 0.29) is 11.6 Å². The van der Waals surface area contributed by atoms with Crippen molar-refractivity contribution < 1.29 is 0 Å². The predicted molar refractivity (Wildman–Crippen MR) is 141 cm³/mol. The largest absolute Gasteiger partial charge is 0.360 e. The Kier molecular flexibility index (Phi) is 5.26. The van der Waals surface area contributed by atoms with Gasteiger partial charge in [0.1, 0.15) is 11.8 Å². The monoisotopic (exact) mass is 473 g/mol. The molecule has 2 aromatic carbocycles. The van der Waals surface area contributed by atoms with Gasteiger partial charge < -0.3 is 10.3 Å². The van der Waals surface area contributed by atoms with Gasteiger partial charge in [0.25, 0.3) is 5.56 Å². The molecule has 0 saturated carbocycles. The summed E-state index contributed by atoms with van der Waals surface area (Å²) in [5, 5.41) is 4.97. The lowest BCUT2D eigenvalue weighted by molar-refractivity contribution is 0.774. The van der Waals surface area contributed by atoms with Gasteiger partial charge >= 0.3 is 0 Å². The molecule has 1 unspecified atom stereocenters. The highest BCUT2D eigenvalue weighted by atomic mass is 16.1. The van der Waals surface area contributed by atoms with Crippen LogP contribution >= 0.6 is 0 Å². The Labute approximate surface area is 206 Å². The van der Waals surface area contributed by atoms with Gasteiger partial charge in [-0.25, -0.2) is 15.0 Å². The minimum absolute atomic E-state index is 0.0899. The summed E-state index contributed by atoms with van der Waals surface area (Å²) in [6.07, 6.45) is 4.89. The number of benzene rings is 2. The van der Waals surface area contributed by atoms with Crippen LogP contribution in [0.4, 0.5) is 5.82 Å². The number of pyridine rings is 2. The maximum absolute atomic E-state index is 14.2. The van der Waals surface area contributed by atoms with E-state index >= 15 is 0 Å². The summed E-state index contributed by atoms with van der Waals surface area (Å²) in [5.74, 6) is 0.622. The Morgan fingerprint density at radius 3 is 2.61 bits per heavy atom. The fourth-order valence-electron chi connectivity index (χ4n) is 4.57. The number of H-pyrrole nitrogens is 1. The second kappa shape index (κ2) is 8.74. The highest BCUT2D eigenvalue weighted by Gasteiger charge is 2.20. The van der Waals surface area contributed by atoms with Crippen LogP contribution in [0.2, 0.25) is 0 Å². The zero-order valence-electron chi connectivity index (χ0n) is 19.8. The Hall–Kier alpha value is -4.85. The van der Waals surface area contributed by atoms with Crippen LogP contribution in [0, 0.1) is 6.92 Å². The smallest absolute Gasteiger partial charge is 0.263 e.